The van der Waals surface area contributed by atoms with Crippen molar-refractivity contribution in [1.82, 2.24) is 9.97 Å². The van der Waals surface area contributed by atoms with Gasteiger partial charge in [-0.3, -0.25) is 0 Å². The molecule has 0 aliphatic carbocycles. The fraction of sp³-hybridized carbons (Fsp3) is 0.238. The van der Waals surface area contributed by atoms with E-state index in [4.69, 9.17) is 14.7 Å². The Morgan fingerprint density at radius 1 is 0.923 bits per heavy atom. The molecule has 0 atom stereocenters. The second kappa shape index (κ2) is 7.44. The Kier molecular flexibility index (Phi) is 4.69. The highest BCUT2D eigenvalue weighted by Crippen LogP contribution is 2.27. The number of ether oxygens (including phenoxy) is 1. The maximum atomic E-state index is 5.31. The van der Waals surface area contributed by atoms with Crippen LogP contribution >= 0.6 is 0 Å². The zero-order valence-corrected chi connectivity index (χ0v) is 14.9. The largest absolute Gasteiger partial charge is 0.497 e. The third kappa shape index (κ3) is 3.61. The van der Waals surface area contributed by atoms with Crippen molar-refractivity contribution in [1.29, 1.82) is 0 Å². The normalized spacial score (nSPS) is 13.7. The molecule has 5 heteroatoms. The van der Waals surface area contributed by atoms with E-state index >= 15 is 0 Å². The van der Waals surface area contributed by atoms with Crippen molar-refractivity contribution in [2.75, 3.05) is 30.4 Å². The summed E-state index contributed by atoms with van der Waals surface area (Å²) in [5, 5.41) is 3.39. The molecule has 1 N–H and O–H groups in total. The van der Waals surface area contributed by atoms with Crippen LogP contribution < -0.4 is 15.0 Å². The molecule has 5 nitrogen and oxygen atoms in total. The minimum absolute atomic E-state index is 0.736. The van der Waals surface area contributed by atoms with Gasteiger partial charge in [0.05, 0.1) is 7.11 Å². The number of rotatable bonds is 5. The number of aromatic nitrogens is 2. The van der Waals surface area contributed by atoms with Crippen molar-refractivity contribution in [2.45, 2.75) is 12.8 Å². The summed E-state index contributed by atoms with van der Waals surface area (Å²) in [6.07, 6.45) is 2.42. The summed E-state index contributed by atoms with van der Waals surface area (Å²) in [6, 6.07) is 20.0. The predicted octanol–water partition coefficient (Wildman–Crippen LogP) is 4.50. The molecule has 0 spiro atoms. The third-order valence-electron chi connectivity index (χ3n) is 4.52. The average Bonchev–Trinajstić information content (AvgIpc) is 3.23. The molecule has 26 heavy (non-hydrogen) atoms. The van der Waals surface area contributed by atoms with Gasteiger partial charge in [-0.2, -0.15) is 0 Å². The van der Waals surface area contributed by atoms with Crippen molar-refractivity contribution < 1.29 is 4.74 Å². The van der Waals surface area contributed by atoms with Crippen molar-refractivity contribution in [3.63, 3.8) is 0 Å². The molecule has 0 bridgehead atoms. The first kappa shape index (κ1) is 16.4. The van der Waals surface area contributed by atoms with Crippen LogP contribution in [0.2, 0.25) is 0 Å². The molecule has 1 aliphatic heterocycles. The smallest absolute Gasteiger partial charge is 0.163 e. The second-order valence-corrected chi connectivity index (χ2v) is 6.35. The van der Waals surface area contributed by atoms with Crippen molar-refractivity contribution in [3.05, 3.63) is 60.7 Å². The summed E-state index contributed by atoms with van der Waals surface area (Å²) < 4.78 is 5.31. The van der Waals surface area contributed by atoms with Gasteiger partial charge in [-0.05, 0) is 25.0 Å². The Morgan fingerprint density at radius 2 is 1.73 bits per heavy atom. The maximum Gasteiger partial charge on any atom is 0.163 e. The lowest BCUT2D eigenvalue weighted by atomic mass is 10.2. The molecule has 2 heterocycles. The lowest BCUT2D eigenvalue weighted by Gasteiger charge is -2.18. The predicted molar refractivity (Wildman–Crippen MR) is 105 cm³/mol. The highest BCUT2D eigenvalue weighted by Gasteiger charge is 2.16. The van der Waals surface area contributed by atoms with E-state index in [1.807, 2.05) is 60.7 Å². The molecule has 1 fully saturated rings. The number of benzene rings is 2. The van der Waals surface area contributed by atoms with Gasteiger partial charge in [0.1, 0.15) is 17.4 Å². The van der Waals surface area contributed by atoms with Gasteiger partial charge in [0.25, 0.3) is 0 Å². The minimum atomic E-state index is 0.736. The van der Waals surface area contributed by atoms with Crippen molar-refractivity contribution in [3.8, 4) is 17.1 Å². The van der Waals surface area contributed by atoms with E-state index in [1.165, 1.54) is 12.8 Å². The van der Waals surface area contributed by atoms with Crippen LogP contribution in [-0.4, -0.2) is 30.2 Å². The van der Waals surface area contributed by atoms with E-state index in [0.29, 0.717) is 0 Å². The molecule has 1 aromatic heterocycles. The van der Waals surface area contributed by atoms with Crippen LogP contribution in [0, 0.1) is 0 Å². The lowest BCUT2D eigenvalue weighted by Crippen LogP contribution is -2.19. The van der Waals surface area contributed by atoms with Gasteiger partial charge in [-0.1, -0.05) is 36.4 Å². The zero-order chi connectivity index (χ0) is 17.8. The van der Waals surface area contributed by atoms with E-state index in [2.05, 4.69) is 10.2 Å². The molecule has 132 valence electrons. The molecule has 2 aromatic carbocycles. The lowest BCUT2D eigenvalue weighted by molar-refractivity contribution is 0.415. The van der Waals surface area contributed by atoms with Gasteiger partial charge in [0.2, 0.25) is 0 Å². The third-order valence-corrected chi connectivity index (χ3v) is 4.52. The van der Waals surface area contributed by atoms with E-state index in [-0.39, 0.29) is 0 Å². The highest BCUT2D eigenvalue weighted by molar-refractivity contribution is 5.66. The molecule has 0 amide bonds. The molecule has 4 rings (SSSR count). The summed E-state index contributed by atoms with van der Waals surface area (Å²) in [7, 11) is 1.67. The van der Waals surface area contributed by atoms with Gasteiger partial charge in [0.15, 0.2) is 5.82 Å². The van der Waals surface area contributed by atoms with Crippen molar-refractivity contribution >= 4 is 17.3 Å². The maximum absolute atomic E-state index is 5.31. The van der Waals surface area contributed by atoms with Crippen LogP contribution in [-0.2, 0) is 0 Å². The van der Waals surface area contributed by atoms with E-state index in [1.54, 1.807) is 7.11 Å². The SMILES string of the molecule is COc1cccc(Nc2cc(N3CCCC3)nc(-c3ccccc3)n2)c1. The van der Waals surface area contributed by atoms with E-state index in [9.17, 15) is 0 Å². The van der Waals surface area contributed by atoms with E-state index in [0.717, 1.165) is 47.5 Å². The topological polar surface area (TPSA) is 50.3 Å². The summed E-state index contributed by atoms with van der Waals surface area (Å²) in [4.78, 5) is 11.9. The molecule has 1 saturated heterocycles. The van der Waals surface area contributed by atoms with Gasteiger partial charge in [-0.25, -0.2) is 9.97 Å². The Morgan fingerprint density at radius 3 is 2.50 bits per heavy atom. The van der Waals surface area contributed by atoms with Crippen LogP contribution in [0.1, 0.15) is 12.8 Å². The monoisotopic (exact) mass is 346 g/mol. The van der Waals surface area contributed by atoms with Gasteiger partial charge < -0.3 is 15.0 Å². The van der Waals surface area contributed by atoms with E-state index < -0.39 is 0 Å². The number of methoxy groups -OCH3 is 1. The molecule has 0 unspecified atom stereocenters. The summed E-state index contributed by atoms with van der Waals surface area (Å²) in [5.74, 6) is 3.31. The molecule has 1 aliphatic rings. The molecule has 3 aromatic rings. The summed E-state index contributed by atoms with van der Waals surface area (Å²) in [5.41, 5.74) is 1.96. The van der Waals surface area contributed by atoms with Crippen LogP contribution in [0.4, 0.5) is 17.3 Å². The zero-order valence-electron chi connectivity index (χ0n) is 14.9. The molecule has 0 saturated carbocycles. The standard InChI is InChI=1S/C21H22N4O/c1-26-18-11-7-10-17(14-18)22-19-15-20(25-12-5-6-13-25)24-21(23-19)16-8-3-2-4-9-16/h2-4,7-11,14-15H,5-6,12-13H2,1H3,(H,22,23,24). The number of anilines is 3. The fourth-order valence-electron chi connectivity index (χ4n) is 3.17. The minimum Gasteiger partial charge on any atom is -0.497 e. The first-order chi connectivity index (χ1) is 12.8. The number of hydrogen-bond donors (Lipinski definition) is 1. The summed E-state index contributed by atoms with van der Waals surface area (Å²) >= 11 is 0. The Bertz CT molecular complexity index is 876. The Hall–Kier alpha value is -3.08. The quantitative estimate of drug-likeness (QED) is 0.737. The highest BCUT2D eigenvalue weighted by atomic mass is 16.5. The first-order valence-electron chi connectivity index (χ1n) is 8.92. The van der Waals surface area contributed by atoms with Gasteiger partial charge in [0, 0.05) is 36.5 Å². The molecule has 0 radical (unpaired) electrons. The fourth-order valence-corrected chi connectivity index (χ4v) is 3.17. The number of hydrogen-bond acceptors (Lipinski definition) is 5. The number of nitrogens with zero attached hydrogens (tertiary/aromatic N) is 3. The van der Waals surface area contributed by atoms with Crippen LogP contribution in [0.5, 0.6) is 5.75 Å². The van der Waals surface area contributed by atoms with Crippen LogP contribution in [0.15, 0.2) is 60.7 Å². The number of nitrogens with one attached hydrogen (secondary N) is 1. The Balaban J connectivity index is 1.71. The summed E-state index contributed by atoms with van der Waals surface area (Å²) in [6.45, 7) is 2.09. The first-order valence-corrected chi connectivity index (χ1v) is 8.92. The van der Waals surface area contributed by atoms with Crippen molar-refractivity contribution in [2.24, 2.45) is 0 Å². The van der Waals surface area contributed by atoms with Crippen LogP contribution in [0.25, 0.3) is 11.4 Å². The van der Waals surface area contributed by atoms with Gasteiger partial charge >= 0.3 is 0 Å². The van der Waals surface area contributed by atoms with Gasteiger partial charge in [-0.15, -0.1) is 0 Å². The molecular formula is C21H22N4O. The Labute approximate surface area is 153 Å². The average molecular weight is 346 g/mol. The second-order valence-electron chi connectivity index (χ2n) is 6.35. The molecular weight excluding hydrogens is 324 g/mol. The van der Waals surface area contributed by atoms with Crippen LogP contribution in [0.3, 0.4) is 0 Å².